The summed E-state index contributed by atoms with van der Waals surface area (Å²) >= 11 is 0. The third kappa shape index (κ3) is 3.03. The number of aryl methyl sites for hydroxylation is 2. The number of carbonyl (C=O) groups is 1. The van der Waals surface area contributed by atoms with Gasteiger partial charge in [0.2, 0.25) is 0 Å². The van der Waals surface area contributed by atoms with E-state index in [0.29, 0.717) is 12.3 Å². The number of nitrogens with zero attached hydrogens (tertiary/aromatic N) is 3. The third-order valence-corrected chi connectivity index (χ3v) is 4.59. The normalized spacial score (nSPS) is 11.0. The SMILES string of the molecule is Cn1c(=O)n(C)c2cc(CNC(=O)c3cc(-c4ccccc4)on3)ccc21. The predicted octanol–water partition coefficient (Wildman–Crippen LogP) is 2.46. The van der Waals surface area contributed by atoms with Crippen LogP contribution in [0.15, 0.2) is 63.9 Å². The molecule has 2 aromatic carbocycles. The molecule has 0 aliphatic carbocycles. The number of fused-ring (bicyclic) bond motifs is 1. The van der Waals surface area contributed by atoms with Crippen molar-refractivity contribution in [3.8, 4) is 11.3 Å². The van der Waals surface area contributed by atoms with Crippen molar-refractivity contribution in [1.82, 2.24) is 19.6 Å². The molecule has 4 rings (SSSR count). The summed E-state index contributed by atoms with van der Waals surface area (Å²) in [5, 5.41) is 6.68. The minimum absolute atomic E-state index is 0.0813. The molecule has 7 nitrogen and oxygen atoms in total. The lowest BCUT2D eigenvalue weighted by Crippen LogP contribution is -2.23. The Kier molecular flexibility index (Phi) is 4.12. The van der Waals surface area contributed by atoms with Crippen molar-refractivity contribution in [2.24, 2.45) is 14.1 Å². The van der Waals surface area contributed by atoms with E-state index in [0.717, 1.165) is 22.2 Å². The highest BCUT2D eigenvalue weighted by Crippen LogP contribution is 2.20. The zero-order valence-corrected chi connectivity index (χ0v) is 15.0. The summed E-state index contributed by atoms with van der Waals surface area (Å²) in [5.74, 6) is 0.226. The zero-order valence-electron chi connectivity index (χ0n) is 15.0. The van der Waals surface area contributed by atoms with Crippen LogP contribution < -0.4 is 11.0 Å². The number of nitrogens with one attached hydrogen (secondary N) is 1. The summed E-state index contributed by atoms with van der Waals surface area (Å²) in [6, 6.07) is 16.8. The van der Waals surface area contributed by atoms with Gasteiger partial charge in [0.1, 0.15) is 0 Å². The van der Waals surface area contributed by atoms with Gasteiger partial charge in [-0.05, 0) is 17.7 Å². The molecular weight excluding hydrogens is 344 g/mol. The average Bonchev–Trinajstić information content (AvgIpc) is 3.28. The topological polar surface area (TPSA) is 82.1 Å². The lowest BCUT2D eigenvalue weighted by molar-refractivity contribution is 0.0942. The maximum absolute atomic E-state index is 12.4. The van der Waals surface area contributed by atoms with E-state index in [4.69, 9.17) is 4.52 Å². The summed E-state index contributed by atoms with van der Waals surface area (Å²) in [7, 11) is 3.47. The molecule has 0 fully saturated rings. The molecule has 136 valence electrons. The molecule has 1 amide bonds. The van der Waals surface area contributed by atoms with Crippen LogP contribution in [0.5, 0.6) is 0 Å². The van der Waals surface area contributed by atoms with Gasteiger partial charge in [0.05, 0.1) is 11.0 Å². The van der Waals surface area contributed by atoms with Gasteiger partial charge in [0.15, 0.2) is 11.5 Å². The van der Waals surface area contributed by atoms with E-state index in [-0.39, 0.29) is 17.3 Å². The second kappa shape index (κ2) is 6.60. The third-order valence-electron chi connectivity index (χ3n) is 4.59. The van der Waals surface area contributed by atoms with E-state index in [1.54, 1.807) is 29.3 Å². The monoisotopic (exact) mass is 362 g/mol. The zero-order chi connectivity index (χ0) is 19.0. The molecule has 0 saturated carbocycles. The van der Waals surface area contributed by atoms with Crippen molar-refractivity contribution in [1.29, 1.82) is 0 Å². The summed E-state index contributed by atoms with van der Waals surface area (Å²) in [6.45, 7) is 0.325. The van der Waals surface area contributed by atoms with Crippen molar-refractivity contribution in [3.63, 3.8) is 0 Å². The number of hydrogen-bond acceptors (Lipinski definition) is 4. The Hall–Kier alpha value is -3.61. The highest BCUT2D eigenvalue weighted by atomic mass is 16.5. The first kappa shape index (κ1) is 16.8. The van der Waals surface area contributed by atoms with Crippen LogP contribution in [0.2, 0.25) is 0 Å². The predicted molar refractivity (Wildman–Crippen MR) is 101 cm³/mol. The molecule has 0 aliphatic rings. The van der Waals surface area contributed by atoms with Gasteiger partial charge in [-0.1, -0.05) is 41.6 Å². The number of amides is 1. The highest BCUT2D eigenvalue weighted by molar-refractivity contribution is 5.93. The number of carbonyl (C=O) groups excluding carboxylic acids is 1. The lowest BCUT2D eigenvalue weighted by atomic mass is 10.1. The molecule has 27 heavy (non-hydrogen) atoms. The van der Waals surface area contributed by atoms with Crippen LogP contribution in [0, 0.1) is 0 Å². The summed E-state index contributed by atoms with van der Waals surface area (Å²) in [6.07, 6.45) is 0. The fourth-order valence-electron chi connectivity index (χ4n) is 3.06. The Labute approximate surface area is 154 Å². The smallest absolute Gasteiger partial charge is 0.328 e. The molecule has 0 atom stereocenters. The maximum Gasteiger partial charge on any atom is 0.328 e. The highest BCUT2D eigenvalue weighted by Gasteiger charge is 2.14. The molecule has 2 heterocycles. The van der Waals surface area contributed by atoms with Crippen molar-refractivity contribution < 1.29 is 9.32 Å². The minimum atomic E-state index is -0.317. The Bertz CT molecular complexity index is 1190. The fourth-order valence-corrected chi connectivity index (χ4v) is 3.06. The molecule has 4 aromatic rings. The Morgan fingerprint density at radius 1 is 1.04 bits per heavy atom. The van der Waals surface area contributed by atoms with Crippen LogP contribution in [-0.4, -0.2) is 20.2 Å². The summed E-state index contributed by atoms with van der Waals surface area (Å²) in [4.78, 5) is 24.4. The maximum atomic E-state index is 12.4. The first-order chi connectivity index (χ1) is 13.0. The van der Waals surface area contributed by atoms with Crippen molar-refractivity contribution >= 4 is 16.9 Å². The van der Waals surface area contributed by atoms with E-state index < -0.39 is 0 Å². The molecule has 7 heteroatoms. The van der Waals surface area contributed by atoms with E-state index in [1.165, 1.54) is 0 Å². The number of benzene rings is 2. The molecule has 0 saturated heterocycles. The second-order valence-electron chi connectivity index (χ2n) is 6.35. The van der Waals surface area contributed by atoms with E-state index in [1.807, 2.05) is 48.5 Å². The first-order valence-corrected chi connectivity index (χ1v) is 8.49. The van der Waals surface area contributed by atoms with Crippen LogP contribution in [-0.2, 0) is 20.6 Å². The van der Waals surface area contributed by atoms with Crippen LogP contribution in [0.4, 0.5) is 0 Å². The van der Waals surface area contributed by atoms with Gasteiger partial charge in [0.25, 0.3) is 5.91 Å². The fraction of sp³-hybridized carbons (Fsp3) is 0.150. The Balaban J connectivity index is 1.50. The van der Waals surface area contributed by atoms with Crippen molar-refractivity contribution in [2.45, 2.75) is 6.54 Å². The molecular formula is C20H18N4O3. The quantitative estimate of drug-likeness (QED) is 0.605. The van der Waals surface area contributed by atoms with Crippen LogP contribution in [0.1, 0.15) is 16.1 Å². The number of imidazole rings is 1. The standard InChI is InChI=1S/C20H18N4O3/c1-23-16-9-8-13(10-17(16)24(2)20(23)26)12-21-19(25)15-11-18(27-22-15)14-6-4-3-5-7-14/h3-11H,12H2,1-2H3,(H,21,25). The first-order valence-electron chi connectivity index (χ1n) is 8.49. The average molecular weight is 362 g/mol. The molecule has 0 radical (unpaired) electrons. The number of hydrogen-bond donors (Lipinski definition) is 1. The van der Waals surface area contributed by atoms with Crippen LogP contribution in [0.25, 0.3) is 22.4 Å². The molecule has 0 unspecified atom stereocenters. The molecule has 0 aliphatic heterocycles. The summed E-state index contributed by atoms with van der Waals surface area (Å²) in [5.41, 5.74) is 3.57. The summed E-state index contributed by atoms with van der Waals surface area (Å²) < 4.78 is 8.44. The van der Waals surface area contributed by atoms with Gasteiger partial charge in [-0.3, -0.25) is 13.9 Å². The van der Waals surface area contributed by atoms with Crippen molar-refractivity contribution in [3.05, 3.63) is 76.3 Å². The molecule has 2 aromatic heterocycles. The van der Waals surface area contributed by atoms with Gasteiger partial charge >= 0.3 is 5.69 Å². The Morgan fingerprint density at radius 3 is 2.56 bits per heavy atom. The minimum Gasteiger partial charge on any atom is -0.355 e. The molecule has 1 N–H and O–H groups in total. The Morgan fingerprint density at radius 2 is 1.78 bits per heavy atom. The van der Waals surface area contributed by atoms with E-state index in [9.17, 15) is 9.59 Å². The van der Waals surface area contributed by atoms with E-state index in [2.05, 4.69) is 10.5 Å². The lowest BCUT2D eigenvalue weighted by Gasteiger charge is -2.04. The number of rotatable bonds is 4. The largest absolute Gasteiger partial charge is 0.355 e. The van der Waals surface area contributed by atoms with Crippen LogP contribution >= 0.6 is 0 Å². The van der Waals surface area contributed by atoms with Gasteiger partial charge in [-0.25, -0.2) is 4.79 Å². The van der Waals surface area contributed by atoms with Gasteiger partial charge < -0.3 is 9.84 Å². The van der Waals surface area contributed by atoms with Gasteiger partial charge in [-0.15, -0.1) is 0 Å². The second-order valence-corrected chi connectivity index (χ2v) is 6.35. The molecule has 0 spiro atoms. The molecule has 0 bridgehead atoms. The van der Waals surface area contributed by atoms with Gasteiger partial charge in [-0.2, -0.15) is 0 Å². The van der Waals surface area contributed by atoms with Crippen LogP contribution in [0.3, 0.4) is 0 Å². The van der Waals surface area contributed by atoms with E-state index >= 15 is 0 Å². The number of aromatic nitrogens is 3. The van der Waals surface area contributed by atoms with Gasteiger partial charge in [0, 0.05) is 32.3 Å². The van der Waals surface area contributed by atoms with Crippen molar-refractivity contribution in [2.75, 3.05) is 0 Å².